The Kier molecular flexibility index (Phi) is 9.51. The number of fused-ring (bicyclic) bond motifs is 2. The zero-order valence-electron chi connectivity index (χ0n) is 30.3. The van der Waals surface area contributed by atoms with Crippen LogP contribution in [-0.2, 0) is 20.8 Å². The predicted molar refractivity (Wildman–Crippen MR) is 186 cm³/mol. The second-order valence-corrected chi connectivity index (χ2v) is 16.1. The number of aromatic nitrogens is 5. The monoisotopic (exact) mass is 723 g/mol. The van der Waals surface area contributed by atoms with Crippen LogP contribution in [0.15, 0.2) is 41.6 Å². The maximum atomic E-state index is 13.7. The van der Waals surface area contributed by atoms with Crippen molar-refractivity contribution >= 4 is 29.7 Å². The van der Waals surface area contributed by atoms with Crippen molar-refractivity contribution in [1.29, 1.82) is 0 Å². The highest BCUT2D eigenvalue weighted by atomic mass is 32.2. The quantitative estimate of drug-likeness (QED) is 0.151. The molecule has 1 fully saturated rings. The lowest BCUT2D eigenvalue weighted by molar-refractivity contribution is -0.151. The summed E-state index contributed by atoms with van der Waals surface area (Å²) in [6, 6.07) is 7.61. The molecule has 0 aliphatic carbocycles. The van der Waals surface area contributed by atoms with Gasteiger partial charge in [-0.3, -0.25) is 19.1 Å². The largest absolute Gasteiger partial charge is 0.469 e. The highest BCUT2D eigenvalue weighted by Crippen LogP contribution is 2.45. The molecular weight excluding hydrogens is 681 g/mol. The summed E-state index contributed by atoms with van der Waals surface area (Å²) in [6.07, 6.45) is 0.0711. The van der Waals surface area contributed by atoms with Crippen LogP contribution in [0.2, 0.25) is 0 Å². The molecule has 2 aliphatic heterocycles. The van der Waals surface area contributed by atoms with Gasteiger partial charge >= 0.3 is 12.1 Å². The van der Waals surface area contributed by atoms with Crippen LogP contribution in [0.5, 0.6) is 5.88 Å². The van der Waals surface area contributed by atoms with E-state index in [0.717, 1.165) is 21.7 Å². The Balaban J connectivity index is 1.37. The summed E-state index contributed by atoms with van der Waals surface area (Å²) >= 11 is 1.52. The molecule has 1 atom stereocenters. The van der Waals surface area contributed by atoms with Crippen LogP contribution in [0, 0.1) is 26.2 Å². The third-order valence-corrected chi connectivity index (χ3v) is 10.3. The minimum atomic E-state index is -2.80. The van der Waals surface area contributed by atoms with Crippen molar-refractivity contribution in [1.82, 2.24) is 33.8 Å². The lowest BCUT2D eigenvalue weighted by Crippen LogP contribution is -2.70. The molecule has 12 nitrogen and oxygen atoms in total. The Morgan fingerprint density at radius 1 is 1.06 bits per heavy atom. The van der Waals surface area contributed by atoms with E-state index in [4.69, 9.17) is 19.2 Å². The summed E-state index contributed by atoms with van der Waals surface area (Å²) in [7, 11) is 1.34. The normalized spacial score (nSPS) is 16.7. The van der Waals surface area contributed by atoms with Gasteiger partial charge in [0.15, 0.2) is 11.2 Å². The molecule has 0 radical (unpaired) electrons. The number of halogens is 2. The van der Waals surface area contributed by atoms with E-state index in [2.05, 4.69) is 19.5 Å². The van der Waals surface area contributed by atoms with Gasteiger partial charge in [-0.1, -0.05) is 6.07 Å². The fourth-order valence-corrected chi connectivity index (χ4v) is 7.89. The first kappa shape index (κ1) is 36.4. The number of carbonyl (C=O) groups is 2. The number of hydrogen-bond acceptors (Lipinski definition) is 11. The van der Waals surface area contributed by atoms with E-state index < -0.39 is 46.8 Å². The van der Waals surface area contributed by atoms with Gasteiger partial charge in [-0.25, -0.2) is 22.9 Å². The summed E-state index contributed by atoms with van der Waals surface area (Å²) in [5.41, 5.74) is 2.40. The number of likely N-dealkylation sites (tertiary alicyclic amines) is 1. The minimum absolute atomic E-state index is 0.274. The molecule has 4 aromatic heterocycles. The number of rotatable bonds is 7. The Hall–Kier alpha value is -4.37. The molecule has 0 N–H and O–H groups in total. The van der Waals surface area contributed by atoms with Crippen LogP contribution in [0.3, 0.4) is 0 Å². The van der Waals surface area contributed by atoms with Crippen LogP contribution < -0.4 is 4.74 Å². The van der Waals surface area contributed by atoms with Gasteiger partial charge < -0.3 is 14.2 Å². The van der Waals surface area contributed by atoms with Gasteiger partial charge in [0.1, 0.15) is 5.60 Å². The summed E-state index contributed by atoms with van der Waals surface area (Å²) in [5, 5.41) is 7.78. The SMILES string of the molecule is COC(=O)C(C)(C)C(c1ccc(C)c(CN2CC3(CN(C(=O)OC(C)(C)C)C3)Oc3ncc(C)cc3S2)n1)c1ccn2c(C(F)F)nnc2c1C. The minimum Gasteiger partial charge on any atom is -0.469 e. The molecule has 0 saturated carbocycles. The van der Waals surface area contributed by atoms with Crippen molar-refractivity contribution in [3.05, 3.63) is 76.1 Å². The molecule has 6 heterocycles. The molecule has 1 spiro atoms. The predicted octanol–water partition coefficient (Wildman–Crippen LogP) is 6.60. The average Bonchev–Trinajstić information content (AvgIpc) is 3.40. The summed E-state index contributed by atoms with van der Waals surface area (Å²) in [5.74, 6) is -1.03. The third kappa shape index (κ3) is 7.10. The van der Waals surface area contributed by atoms with E-state index in [9.17, 15) is 18.4 Å². The number of aryl methyl sites for hydroxylation is 3. The van der Waals surface area contributed by atoms with Gasteiger partial charge in [-0.05, 0) is 108 Å². The van der Waals surface area contributed by atoms with Crippen LogP contribution in [0.4, 0.5) is 13.6 Å². The Labute approximate surface area is 300 Å². The van der Waals surface area contributed by atoms with Crippen LogP contribution in [-0.4, -0.2) is 83.8 Å². The second-order valence-electron chi connectivity index (χ2n) is 14.9. The number of carbonyl (C=O) groups excluding carboxylic acids is 2. The van der Waals surface area contributed by atoms with Crippen LogP contribution in [0.1, 0.15) is 86.4 Å². The molecular formula is C36H43F2N7O5S. The van der Waals surface area contributed by atoms with Gasteiger partial charge in [0.05, 0.1) is 49.3 Å². The second kappa shape index (κ2) is 13.3. The van der Waals surface area contributed by atoms with Crippen LogP contribution in [0.25, 0.3) is 5.65 Å². The molecule has 1 saturated heterocycles. The molecule has 0 bridgehead atoms. The standard InChI is InChI=1S/C36H43F2N7O5S/c1-20-14-26-31(39-15-20)49-36(17-43(18-36)33(47)50-34(4,5)6)19-44(51-26)16-25-21(2)10-11-24(40-25)27(35(7,8)32(46)48-9)23-12-13-45-29(22(23)3)41-42-30(45)28(37)38/h10-15,27-28H,16-19H2,1-9H3. The van der Waals surface area contributed by atoms with E-state index in [1.807, 2.05) is 52.8 Å². The molecule has 6 rings (SSSR count). The molecule has 1 unspecified atom stereocenters. The van der Waals surface area contributed by atoms with Crippen molar-refractivity contribution in [3.63, 3.8) is 0 Å². The average molecular weight is 724 g/mol. The van der Waals surface area contributed by atoms with Gasteiger partial charge in [-0.2, -0.15) is 0 Å². The highest BCUT2D eigenvalue weighted by Gasteiger charge is 2.52. The van der Waals surface area contributed by atoms with Crippen molar-refractivity contribution in [3.8, 4) is 5.88 Å². The topological polar surface area (TPSA) is 124 Å². The van der Waals surface area contributed by atoms with E-state index in [1.54, 1.807) is 37.9 Å². The molecule has 0 aromatic carbocycles. The molecule has 51 heavy (non-hydrogen) atoms. The number of methoxy groups -OCH3 is 1. The van der Waals surface area contributed by atoms with Crippen molar-refractivity contribution in [2.75, 3.05) is 26.7 Å². The number of ether oxygens (including phenoxy) is 3. The molecule has 1 amide bonds. The van der Waals surface area contributed by atoms with Crippen molar-refractivity contribution < 1.29 is 32.6 Å². The zero-order valence-corrected chi connectivity index (χ0v) is 31.1. The highest BCUT2D eigenvalue weighted by molar-refractivity contribution is 7.97. The number of nitrogens with zero attached hydrogens (tertiary/aromatic N) is 7. The maximum Gasteiger partial charge on any atom is 0.410 e. The Bertz CT molecular complexity index is 1990. The zero-order chi connectivity index (χ0) is 37.0. The van der Waals surface area contributed by atoms with Gasteiger partial charge in [0.2, 0.25) is 11.7 Å². The number of alkyl halides is 2. The molecule has 272 valence electrons. The summed E-state index contributed by atoms with van der Waals surface area (Å²) in [4.78, 5) is 38.5. The number of esters is 1. The third-order valence-electron chi connectivity index (χ3n) is 9.25. The maximum absolute atomic E-state index is 13.7. The lowest BCUT2D eigenvalue weighted by atomic mass is 9.72. The molecule has 4 aromatic rings. The molecule has 2 aliphatic rings. The van der Waals surface area contributed by atoms with Gasteiger partial charge in [0.25, 0.3) is 6.43 Å². The van der Waals surface area contributed by atoms with Crippen molar-refractivity contribution in [2.45, 2.75) is 90.4 Å². The number of amides is 1. The summed E-state index contributed by atoms with van der Waals surface area (Å²) in [6.45, 7) is 16.3. The number of pyridine rings is 3. The Morgan fingerprint density at radius 2 is 1.78 bits per heavy atom. The summed E-state index contributed by atoms with van der Waals surface area (Å²) < 4.78 is 48.2. The van der Waals surface area contributed by atoms with E-state index >= 15 is 0 Å². The van der Waals surface area contributed by atoms with Crippen molar-refractivity contribution in [2.24, 2.45) is 5.41 Å². The Morgan fingerprint density at radius 3 is 2.45 bits per heavy atom. The van der Waals surface area contributed by atoms with E-state index in [1.165, 1.54) is 29.7 Å². The fourth-order valence-electron chi connectivity index (χ4n) is 6.71. The van der Waals surface area contributed by atoms with Gasteiger partial charge in [-0.15, -0.1) is 10.2 Å². The molecule has 15 heteroatoms. The number of hydrogen-bond donors (Lipinski definition) is 0. The fraction of sp³-hybridized carbons (Fsp3) is 0.500. The smallest absolute Gasteiger partial charge is 0.410 e. The first-order chi connectivity index (χ1) is 23.9. The van der Waals surface area contributed by atoms with E-state index in [-0.39, 0.29) is 5.65 Å². The first-order valence-corrected chi connectivity index (χ1v) is 17.4. The van der Waals surface area contributed by atoms with Gasteiger partial charge in [0, 0.05) is 24.0 Å². The lowest BCUT2D eigenvalue weighted by Gasteiger charge is -2.49. The van der Waals surface area contributed by atoms with Crippen LogP contribution >= 0.6 is 11.9 Å². The van der Waals surface area contributed by atoms with E-state index in [0.29, 0.717) is 48.9 Å². The first-order valence-electron chi connectivity index (χ1n) is 16.6.